The van der Waals surface area contributed by atoms with Crippen LogP contribution in [0.15, 0.2) is 41.6 Å². The molecule has 5 rings (SSSR count). The molecule has 0 saturated carbocycles. The van der Waals surface area contributed by atoms with Crippen molar-refractivity contribution in [3.8, 4) is 5.69 Å². The van der Waals surface area contributed by atoms with Crippen LogP contribution in [0.3, 0.4) is 0 Å². The van der Waals surface area contributed by atoms with Crippen molar-refractivity contribution in [3.05, 3.63) is 52.7 Å². The van der Waals surface area contributed by atoms with E-state index in [1.54, 1.807) is 4.90 Å². The number of aliphatic hydroxyl groups is 1. The summed E-state index contributed by atoms with van der Waals surface area (Å²) in [5.74, 6) is 0.0525. The van der Waals surface area contributed by atoms with Crippen molar-refractivity contribution < 1.29 is 27.8 Å². The van der Waals surface area contributed by atoms with Gasteiger partial charge in [-0.2, -0.15) is 18.3 Å². The first-order valence-corrected chi connectivity index (χ1v) is 11.8. The average Bonchev–Trinajstić information content (AvgIpc) is 3.31. The lowest BCUT2D eigenvalue weighted by molar-refractivity contribution is -0.143. The highest BCUT2D eigenvalue weighted by Crippen LogP contribution is 2.30. The second-order valence-corrected chi connectivity index (χ2v) is 9.45. The van der Waals surface area contributed by atoms with Crippen molar-refractivity contribution in [1.82, 2.24) is 24.2 Å². The van der Waals surface area contributed by atoms with Crippen LogP contribution in [0.4, 0.5) is 13.2 Å². The van der Waals surface area contributed by atoms with E-state index in [1.807, 2.05) is 0 Å². The van der Waals surface area contributed by atoms with Crippen LogP contribution in [0, 0.1) is 5.92 Å². The summed E-state index contributed by atoms with van der Waals surface area (Å²) >= 11 is 0. The minimum absolute atomic E-state index is 0.0134. The van der Waals surface area contributed by atoms with Crippen LogP contribution >= 0.6 is 0 Å². The number of benzene rings is 1. The Labute approximate surface area is 204 Å². The highest BCUT2D eigenvalue weighted by atomic mass is 19.4. The Morgan fingerprint density at radius 3 is 2.44 bits per heavy atom. The van der Waals surface area contributed by atoms with Crippen molar-refractivity contribution in [2.75, 3.05) is 26.3 Å². The summed E-state index contributed by atoms with van der Waals surface area (Å²) in [4.78, 5) is 31.9. The topological polar surface area (TPSA) is 102 Å². The number of halogens is 3. The van der Waals surface area contributed by atoms with E-state index in [9.17, 15) is 27.9 Å². The number of nitrogens with zero attached hydrogens (tertiary/aromatic N) is 5. The Balaban J connectivity index is 1.30. The monoisotopic (exact) mass is 505 g/mol. The third-order valence-corrected chi connectivity index (χ3v) is 7.03. The van der Waals surface area contributed by atoms with Crippen LogP contribution in [0.1, 0.15) is 31.2 Å². The molecule has 192 valence electrons. The Hall–Kier alpha value is -3.25. The molecule has 0 atom stereocenters. The molecule has 4 heterocycles. The number of likely N-dealkylation sites (tertiary alicyclic amines) is 1. The number of hydrogen-bond acceptors (Lipinski definition) is 6. The zero-order valence-electron chi connectivity index (χ0n) is 19.4. The van der Waals surface area contributed by atoms with Gasteiger partial charge in [0.1, 0.15) is 11.7 Å². The number of amides is 1. The summed E-state index contributed by atoms with van der Waals surface area (Å²) in [6.07, 6.45) is 0.254. The molecule has 36 heavy (non-hydrogen) atoms. The van der Waals surface area contributed by atoms with E-state index in [2.05, 4.69) is 10.1 Å². The molecule has 9 nitrogen and oxygen atoms in total. The van der Waals surface area contributed by atoms with Crippen LogP contribution in [-0.4, -0.2) is 67.1 Å². The van der Waals surface area contributed by atoms with Crippen molar-refractivity contribution >= 4 is 16.9 Å². The summed E-state index contributed by atoms with van der Waals surface area (Å²) < 4.78 is 46.5. The van der Waals surface area contributed by atoms with Crippen molar-refractivity contribution in [2.45, 2.75) is 44.0 Å². The molecule has 1 aromatic carbocycles. The molecule has 2 fully saturated rings. The number of carbonyl (C=O) groups is 1. The molecule has 2 aliphatic heterocycles. The van der Waals surface area contributed by atoms with Crippen LogP contribution < -0.4 is 5.56 Å². The fourth-order valence-corrected chi connectivity index (χ4v) is 4.86. The van der Waals surface area contributed by atoms with Crippen molar-refractivity contribution in [3.63, 3.8) is 0 Å². The lowest BCUT2D eigenvalue weighted by Gasteiger charge is -2.40. The first kappa shape index (κ1) is 24.4. The third-order valence-electron chi connectivity index (χ3n) is 7.03. The van der Waals surface area contributed by atoms with Gasteiger partial charge in [-0.15, -0.1) is 0 Å². The maximum Gasteiger partial charge on any atom is 0.416 e. The maximum atomic E-state index is 13.1. The van der Waals surface area contributed by atoms with Crippen LogP contribution in [0.2, 0.25) is 0 Å². The SMILES string of the molecule is O=C(C1CCOCC1)N1CCC(O)(Cn2cnc3c(cnn3-c3ccc(C(F)(F)F)cc3)c2=O)CC1. The quantitative estimate of drug-likeness (QED) is 0.584. The highest BCUT2D eigenvalue weighted by Gasteiger charge is 2.37. The van der Waals surface area contributed by atoms with E-state index in [4.69, 9.17) is 4.74 Å². The van der Waals surface area contributed by atoms with Gasteiger partial charge in [0.15, 0.2) is 5.65 Å². The Bertz CT molecular complexity index is 1300. The smallest absolute Gasteiger partial charge is 0.388 e. The predicted molar refractivity (Wildman–Crippen MR) is 122 cm³/mol. The van der Waals surface area contributed by atoms with Gasteiger partial charge in [-0.25, -0.2) is 9.67 Å². The van der Waals surface area contributed by atoms with Crippen LogP contribution in [0.5, 0.6) is 0 Å². The molecular weight excluding hydrogens is 479 g/mol. The van der Waals surface area contributed by atoms with Gasteiger partial charge in [0.05, 0.1) is 29.6 Å². The Morgan fingerprint density at radius 1 is 1.14 bits per heavy atom. The van der Waals surface area contributed by atoms with E-state index >= 15 is 0 Å². The summed E-state index contributed by atoms with van der Waals surface area (Å²) in [5, 5.41) is 15.5. The van der Waals surface area contributed by atoms with E-state index in [-0.39, 0.29) is 29.4 Å². The fraction of sp³-hybridized carbons (Fsp3) is 0.500. The van der Waals surface area contributed by atoms with Gasteiger partial charge >= 0.3 is 6.18 Å². The molecule has 2 saturated heterocycles. The molecule has 1 N–H and O–H groups in total. The number of rotatable bonds is 4. The number of hydrogen-bond donors (Lipinski definition) is 1. The normalized spacial score (nSPS) is 19.1. The van der Waals surface area contributed by atoms with Gasteiger partial charge in [-0.3, -0.25) is 14.2 Å². The lowest BCUT2D eigenvalue weighted by atomic mass is 9.89. The molecule has 2 aromatic heterocycles. The second kappa shape index (κ2) is 9.32. The lowest BCUT2D eigenvalue weighted by Crippen LogP contribution is -2.51. The molecule has 0 radical (unpaired) electrons. The number of aromatic nitrogens is 4. The first-order chi connectivity index (χ1) is 17.1. The number of piperidine rings is 1. The average molecular weight is 505 g/mol. The largest absolute Gasteiger partial charge is 0.416 e. The molecule has 12 heteroatoms. The van der Waals surface area contributed by atoms with Gasteiger partial charge in [-0.1, -0.05) is 0 Å². The first-order valence-electron chi connectivity index (χ1n) is 11.8. The summed E-state index contributed by atoms with van der Waals surface area (Å²) in [5.41, 5.74) is -1.82. The van der Waals surface area contributed by atoms with Crippen LogP contribution in [0.25, 0.3) is 16.7 Å². The second-order valence-electron chi connectivity index (χ2n) is 9.45. The molecule has 2 aliphatic rings. The molecule has 0 bridgehead atoms. The minimum atomic E-state index is -4.45. The molecule has 1 amide bonds. The van der Waals surface area contributed by atoms with Crippen molar-refractivity contribution in [1.29, 1.82) is 0 Å². The molecule has 0 aliphatic carbocycles. The summed E-state index contributed by atoms with van der Waals surface area (Å²) in [6, 6.07) is 4.42. The van der Waals surface area contributed by atoms with Gasteiger partial charge in [0.2, 0.25) is 5.91 Å². The standard InChI is InChI=1S/C24H26F3N5O4/c25-24(26,27)17-1-3-18(4-2-17)32-20-19(13-29-32)22(34)31(15-28-20)14-23(35)7-9-30(10-8-23)21(33)16-5-11-36-12-6-16/h1-4,13,15-16,35H,5-12,14H2. The van der Waals surface area contributed by atoms with Gasteiger partial charge < -0.3 is 14.7 Å². The Morgan fingerprint density at radius 2 is 1.81 bits per heavy atom. The predicted octanol–water partition coefficient (Wildman–Crippen LogP) is 2.38. The molecule has 0 spiro atoms. The Kier molecular flexibility index (Phi) is 6.33. The third kappa shape index (κ3) is 4.74. The van der Waals surface area contributed by atoms with Gasteiger partial charge in [-0.05, 0) is 49.9 Å². The van der Waals surface area contributed by atoms with E-state index in [0.29, 0.717) is 57.7 Å². The highest BCUT2D eigenvalue weighted by molar-refractivity contribution is 5.79. The number of carbonyl (C=O) groups excluding carboxylic acids is 1. The molecule has 0 unspecified atom stereocenters. The number of ether oxygens (including phenoxy) is 1. The summed E-state index contributed by atoms with van der Waals surface area (Å²) in [7, 11) is 0. The van der Waals surface area contributed by atoms with Crippen LogP contribution in [-0.2, 0) is 22.3 Å². The fourth-order valence-electron chi connectivity index (χ4n) is 4.86. The zero-order chi connectivity index (χ0) is 25.5. The van der Waals surface area contributed by atoms with Crippen molar-refractivity contribution in [2.24, 2.45) is 5.92 Å². The molecule has 3 aromatic rings. The molecular formula is C24H26F3N5O4. The van der Waals surface area contributed by atoms with E-state index < -0.39 is 22.9 Å². The van der Waals surface area contributed by atoms with Gasteiger partial charge in [0, 0.05) is 32.2 Å². The maximum absolute atomic E-state index is 13.1. The zero-order valence-corrected chi connectivity index (χ0v) is 19.4. The van der Waals surface area contributed by atoms with E-state index in [1.165, 1.54) is 33.9 Å². The minimum Gasteiger partial charge on any atom is -0.388 e. The number of alkyl halides is 3. The van der Waals surface area contributed by atoms with E-state index in [0.717, 1.165) is 12.1 Å². The number of fused-ring (bicyclic) bond motifs is 1. The van der Waals surface area contributed by atoms with Gasteiger partial charge in [0.25, 0.3) is 5.56 Å². The summed E-state index contributed by atoms with van der Waals surface area (Å²) in [6.45, 7) is 2.00.